The Hall–Kier alpha value is -2.75. The zero-order valence-corrected chi connectivity index (χ0v) is 20.6. The number of alkyl halides is 1. The number of benzene rings is 3. The maximum absolute atomic E-state index is 12.7. The summed E-state index contributed by atoms with van der Waals surface area (Å²) < 4.78 is 6.18. The lowest BCUT2D eigenvalue weighted by Crippen LogP contribution is -2.14. The highest BCUT2D eigenvalue weighted by Gasteiger charge is 2.26. The van der Waals surface area contributed by atoms with Crippen molar-refractivity contribution in [2.75, 3.05) is 11.2 Å². The van der Waals surface area contributed by atoms with Crippen LogP contribution in [0.3, 0.4) is 0 Å². The van der Waals surface area contributed by atoms with E-state index >= 15 is 0 Å². The van der Waals surface area contributed by atoms with Crippen LogP contribution in [-0.2, 0) is 23.2 Å². The molecule has 3 aromatic rings. The third-order valence-electron chi connectivity index (χ3n) is 5.66. The molecule has 0 spiro atoms. The lowest BCUT2D eigenvalue weighted by atomic mass is 9.85. The highest BCUT2D eigenvalue weighted by atomic mass is 35.5. The van der Waals surface area contributed by atoms with Crippen LogP contribution in [-0.4, -0.2) is 11.8 Å². The zero-order chi connectivity index (χ0) is 23.6. The van der Waals surface area contributed by atoms with Crippen LogP contribution in [0.15, 0.2) is 60.7 Å². The summed E-state index contributed by atoms with van der Waals surface area (Å²) in [6.07, 6.45) is 2.65. The van der Waals surface area contributed by atoms with Gasteiger partial charge in [-0.05, 0) is 58.9 Å². The number of aryl methyl sites for hydroxylation is 1. The first-order chi connectivity index (χ1) is 15.8. The molecule has 0 bridgehead atoms. The summed E-state index contributed by atoms with van der Waals surface area (Å²) in [4.78, 5) is 12.7. The Kier molecular flexibility index (Phi) is 6.83. The molecule has 0 saturated carbocycles. The lowest BCUT2D eigenvalue weighted by molar-refractivity contribution is -0.110. The zero-order valence-electron chi connectivity index (χ0n) is 19.0. The molecule has 0 unspecified atom stereocenters. The van der Waals surface area contributed by atoms with Crippen LogP contribution in [0.4, 0.5) is 5.69 Å². The van der Waals surface area contributed by atoms with Gasteiger partial charge in [0.25, 0.3) is 5.91 Å². The highest BCUT2D eigenvalue weighted by molar-refractivity contribution is 6.35. The molecule has 0 aliphatic carbocycles. The minimum atomic E-state index is -0.201. The number of carbonyl (C=O) groups is 1. The number of hydrogen-bond acceptors (Lipinski definition) is 2. The van der Waals surface area contributed by atoms with Crippen LogP contribution < -0.4 is 10.1 Å². The average molecular weight is 480 g/mol. The van der Waals surface area contributed by atoms with Crippen molar-refractivity contribution in [3.05, 3.63) is 93.5 Å². The second-order valence-corrected chi connectivity index (χ2v) is 10.0. The van der Waals surface area contributed by atoms with Gasteiger partial charge in [-0.25, -0.2) is 0 Å². The predicted molar refractivity (Wildman–Crippen MR) is 138 cm³/mol. The molecule has 0 atom stereocenters. The third-order valence-corrected chi connectivity index (χ3v) is 6.13. The van der Waals surface area contributed by atoms with Gasteiger partial charge in [0.15, 0.2) is 0 Å². The molecule has 1 aliphatic rings. The van der Waals surface area contributed by atoms with Crippen LogP contribution >= 0.6 is 23.2 Å². The number of anilines is 1. The van der Waals surface area contributed by atoms with E-state index in [1.54, 1.807) is 0 Å². The molecule has 0 fully saturated rings. The minimum Gasteiger partial charge on any atom is -0.487 e. The fourth-order valence-corrected chi connectivity index (χ4v) is 4.44. The van der Waals surface area contributed by atoms with Gasteiger partial charge in [-0.1, -0.05) is 68.8 Å². The Labute approximate surface area is 205 Å². The van der Waals surface area contributed by atoms with E-state index in [2.05, 4.69) is 32.2 Å². The molecule has 1 N–H and O–H groups in total. The maximum atomic E-state index is 12.7. The second-order valence-electron chi connectivity index (χ2n) is 9.23. The quantitative estimate of drug-likeness (QED) is 0.293. The smallest absolute Gasteiger partial charge is 0.256 e. The molecule has 0 saturated heterocycles. The van der Waals surface area contributed by atoms with Crippen molar-refractivity contribution in [3.8, 4) is 5.75 Å². The molecule has 1 amide bonds. The molecule has 1 heterocycles. The van der Waals surface area contributed by atoms with Crippen LogP contribution in [0.1, 0.15) is 48.6 Å². The van der Waals surface area contributed by atoms with Gasteiger partial charge in [-0.15, -0.1) is 11.6 Å². The second kappa shape index (κ2) is 9.62. The Balaban J connectivity index is 1.72. The standard InChI is InChI=1S/C28H27Cl2NO2/c1-28(2,3)23-15-20(16-24(30)26(23)33-17-19-7-5-4-6-8-19)14-22-21-13-18(11-12-29)9-10-25(21)31-27(22)32/h4-10,13-16H,11-12,17H2,1-3H3,(H,31,32). The largest absolute Gasteiger partial charge is 0.487 e. The summed E-state index contributed by atoms with van der Waals surface area (Å²) in [6.45, 7) is 6.81. The number of amides is 1. The van der Waals surface area contributed by atoms with Gasteiger partial charge in [0.05, 0.1) is 5.02 Å². The van der Waals surface area contributed by atoms with E-state index in [1.165, 1.54) is 0 Å². The molecule has 0 radical (unpaired) electrons. The first kappa shape index (κ1) is 23.4. The summed E-state index contributed by atoms with van der Waals surface area (Å²) in [5.74, 6) is 1.09. The average Bonchev–Trinajstić information content (AvgIpc) is 3.07. The molecule has 3 aromatic carbocycles. The molecule has 3 nitrogen and oxygen atoms in total. The van der Waals surface area contributed by atoms with E-state index in [9.17, 15) is 4.79 Å². The summed E-state index contributed by atoms with van der Waals surface area (Å²) in [5.41, 5.74) is 6.15. The van der Waals surface area contributed by atoms with Crippen LogP contribution in [0, 0.1) is 0 Å². The third kappa shape index (κ3) is 5.26. The molecule has 1 aliphatic heterocycles. The van der Waals surface area contributed by atoms with Crippen molar-refractivity contribution in [1.29, 1.82) is 0 Å². The molecule has 0 aromatic heterocycles. The van der Waals surface area contributed by atoms with E-state index in [4.69, 9.17) is 27.9 Å². The predicted octanol–water partition coefficient (Wildman–Crippen LogP) is 7.49. The van der Waals surface area contributed by atoms with E-state index in [0.717, 1.165) is 39.9 Å². The lowest BCUT2D eigenvalue weighted by Gasteiger charge is -2.24. The van der Waals surface area contributed by atoms with E-state index in [1.807, 2.05) is 60.7 Å². The number of rotatable bonds is 6. The molecular formula is C28H27Cl2NO2. The van der Waals surface area contributed by atoms with Gasteiger partial charge < -0.3 is 10.1 Å². The van der Waals surface area contributed by atoms with Crippen LogP contribution in [0.2, 0.25) is 5.02 Å². The normalized spacial score (nSPS) is 14.3. The van der Waals surface area contributed by atoms with Gasteiger partial charge in [0.2, 0.25) is 0 Å². The number of hydrogen-bond donors (Lipinski definition) is 1. The SMILES string of the molecule is CC(C)(C)c1cc(C=C2C(=O)Nc3ccc(CCCl)cc32)cc(Cl)c1OCc1ccccc1. The maximum Gasteiger partial charge on any atom is 0.256 e. The Morgan fingerprint density at radius 1 is 1.00 bits per heavy atom. The molecule has 33 heavy (non-hydrogen) atoms. The van der Waals surface area contributed by atoms with Crippen LogP contribution in [0.25, 0.3) is 11.6 Å². The van der Waals surface area contributed by atoms with Gasteiger partial charge >= 0.3 is 0 Å². The Morgan fingerprint density at radius 2 is 1.76 bits per heavy atom. The first-order valence-electron chi connectivity index (χ1n) is 11.0. The molecule has 5 heteroatoms. The van der Waals surface area contributed by atoms with E-state index in [-0.39, 0.29) is 11.3 Å². The summed E-state index contributed by atoms with van der Waals surface area (Å²) in [7, 11) is 0. The van der Waals surface area contributed by atoms with Crippen molar-refractivity contribution in [2.24, 2.45) is 0 Å². The fourth-order valence-electron chi connectivity index (χ4n) is 3.94. The minimum absolute atomic E-state index is 0.120. The summed E-state index contributed by atoms with van der Waals surface area (Å²) in [6, 6.07) is 19.9. The van der Waals surface area contributed by atoms with Gasteiger partial charge in [0, 0.05) is 28.3 Å². The fraction of sp³-hybridized carbons (Fsp3) is 0.250. The van der Waals surface area contributed by atoms with Crippen molar-refractivity contribution in [2.45, 2.75) is 39.2 Å². The number of halogens is 2. The number of fused-ring (bicyclic) bond motifs is 1. The van der Waals surface area contributed by atoms with Crippen molar-refractivity contribution in [1.82, 2.24) is 0 Å². The van der Waals surface area contributed by atoms with Crippen molar-refractivity contribution in [3.63, 3.8) is 0 Å². The summed E-state index contributed by atoms with van der Waals surface area (Å²) in [5, 5.41) is 3.48. The first-order valence-corrected chi connectivity index (χ1v) is 11.9. The topological polar surface area (TPSA) is 38.3 Å². The van der Waals surface area contributed by atoms with Crippen molar-refractivity contribution < 1.29 is 9.53 Å². The molecular weight excluding hydrogens is 453 g/mol. The monoisotopic (exact) mass is 479 g/mol. The Bertz CT molecular complexity index is 1210. The van der Waals surface area contributed by atoms with E-state index in [0.29, 0.717) is 28.8 Å². The highest BCUT2D eigenvalue weighted by Crippen LogP contribution is 2.40. The summed E-state index contributed by atoms with van der Waals surface area (Å²) >= 11 is 12.6. The van der Waals surface area contributed by atoms with E-state index < -0.39 is 0 Å². The van der Waals surface area contributed by atoms with Gasteiger partial charge in [0.1, 0.15) is 12.4 Å². The number of nitrogens with one attached hydrogen (secondary N) is 1. The molecule has 170 valence electrons. The molecule has 4 rings (SSSR count). The van der Waals surface area contributed by atoms with Crippen molar-refractivity contribution >= 4 is 46.4 Å². The van der Waals surface area contributed by atoms with Gasteiger partial charge in [-0.3, -0.25) is 4.79 Å². The van der Waals surface area contributed by atoms with Crippen LogP contribution in [0.5, 0.6) is 5.75 Å². The number of ether oxygens (including phenoxy) is 1. The number of carbonyl (C=O) groups excluding carboxylic acids is 1. The van der Waals surface area contributed by atoms with Gasteiger partial charge in [-0.2, -0.15) is 0 Å². The Morgan fingerprint density at radius 3 is 2.45 bits per heavy atom.